The minimum absolute atomic E-state index is 0. The van der Waals surface area contributed by atoms with Crippen molar-refractivity contribution in [1.82, 2.24) is 15.5 Å². The highest BCUT2D eigenvalue weighted by Gasteiger charge is 2.34. The van der Waals surface area contributed by atoms with E-state index < -0.39 is 10.8 Å². The van der Waals surface area contributed by atoms with Crippen LogP contribution >= 0.6 is 24.0 Å². The summed E-state index contributed by atoms with van der Waals surface area (Å²) in [6.45, 7) is 10.9. The lowest BCUT2D eigenvalue weighted by Crippen LogP contribution is -2.48. The SMILES string of the molecule is CCNC(=NCC1(CN2CCOCC2)CCCCC1)NC1CCCC(S(=O)CC)C1.I. The Morgan fingerprint density at radius 2 is 1.87 bits per heavy atom. The second kappa shape index (κ2) is 14.4. The quantitative estimate of drug-likeness (QED) is 0.267. The number of hydrogen-bond donors (Lipinski definition) is 2. The van der Waals surface area contributed by atoms with Crippen LogP contribution in [0.3, 0.4) is 0 Å². The van der Waals surface area contributed by atoms with E-state index in [1.807, 2.05) is 6.92 Å². The molecule has 0 spiro atoms. The van der Waals surface area contributed by atoms with E-state index in [4.69, 9.17) is 9.73 Å². The maximum atomic E-state index is 12.3. The van der Waals surface area contributed by atoms with Gasteiger partial charge in [-0.05, 0) is 39.0 Å². The Balaban J connectivity index is 0.00000341. The maximum Gasteiger partial charge on any atom is 0.191 e. The van der Waals surface area contributed by atoms with Crippen LogP contribution in [-0.2, 0) is 15.5 Å². The lowest BCUT2D eigenvalue weighted by molar-refractivity contribution is 0.00937. The van der Waals surface area contributed by atoms with Crippen LogP contribution in [0.2, 0.25) is 0 Å². The van der Waals surface area contributed by atoms with Gasteiger partial charge in [0.2, 0.25) is 0 Å². The zero-order chi connectivity index (χ0) is 21.2. The van der Waals surface area contributed by atoms with E-state index in [1.165, 1.54) is 32.1 Å². The first-order chi connectivity index (χ1) is 14.6. The van der Waals surface area contributed by atoms with Crippen molar-refractivity contribution in [2.45, 2.75) is 82.9 Å². The second-order valence-corrected chi connectivity index (χ2v) is 11.4. The predicted molar refractivity (Wildman–Crippen MR) is 142 cm³/mol. The minimum Gasteiger partial charge on any atom is -0.379 e. The Hall–Kier alpha value is 0.0700. The van der Waals surface area contributed by atoms with Gasteiger partial charge in [-0.25, -0.2) is 0 Å². The van der Waals surface area contributed by atoms with Gasteiger partial charge in [0.05, 0.1) is 13.2 Å². The van der Waals surface area contributed by atoms with Crippen molar-refractivity contribution in [3.8, 4) is 0 Å². The molecule has 3 fully saturated rings. The van der Waals surface area contributed by atoms with Crippen LogP contribution < -0.4 is 10.6 Å². The van der Waals surface area contributed by atoms with Crippen LogP contribution in [0.5, 0.6) is 0 Å². The average Bonchev–Trinajstić information content (AvgIpc) is 2.79. The molecule has 0 bridgehead atoms. The highest BCUT2D eigenvalue weighted by Crippen LogP contribution is 2.37. The van der Waals surface area contributed by atoms with Crippen LogP contribution in [0, 0.1) is 5.41 Å². The third-order valence-electron chi connectivity index (χ3n) is 7.12. The number of hydrogen-bond acceptors (Lipinski definition) is 4. The van der Waals surface area contributed by atoms with Gasteiger partial charge in [-0.3, -0.25) is 14.1 Å². The molecule has 0 aromatic heterocycles. The molecule has 0 aromatic rings. The summed E-state index contributed by atoms with van der Waals surface area (Å²) >= 11 is 0. The van der Waals surface area contributed by atoms with Crippen LogP contribution in [0.15, 0.2) is 4.99 Å². The summed E-state index contributed by atoms with van der Waals surface area (Å²) in [6.07, 6.45) is 11.0. The molecule has 6 nitrogen and oxygen atoms in total. The van der Waals surface area contributed by atoms with E-state index >= 15 is 0 Å². The first kappa shape index (κ1) is 27.3. The maximum absolute atomic E-state index is 12.3. The van der Waals surface area contributed by atoms with E-state index in [-0.39, 0.29) is 24.0 Å². The van der Waals surface area contributed by atoms with E-state index in [9.17, 15) is 4.21 Å². The van der Waals surface area contributed by atoms with E-state index in [2.05, 4.69) is 22.5 Å². The normalized spacial score (nSPS) is 28.4. The third-order valence-corrected chi connectivity index (χ3v) is 8.86. The number of morpholine rings is 1. The van der Waals surface area contributed by atoms with E-state index in [1.54, 1.807) is 0 Å². The molecular weight excluding hydrogens is 523 g/mol. The molecule has 0 aromatic carbocycles. The lowest BCUT2D eigenvalue weighted by atomic mass is 9.73. The molecule has 1 saturated heterocycles. The average molecular weight is 569 g/mol. The summed E-state index contributed by atoms with van der Waals surface area (Å²) in [5.74, 6) is 1.73. The molecule has 2 N–H and O–H groups in total. The Kier molecular flexibility index (Phi) is 12.7. The van der Waals surface area contributed by atoms with Gasteiger partial charge >= 0.3 is 0 Å². The molecule has 3 rings (SSSR count). The van der Waals surface area contributed by atoms with Gasteiger partial charge in [-0.1, -0.05) is 32.6 Å². The van der Waals surface area contributed by atoms with Gasteiger partial charge in [0.25, 0.3) is 0 Å². The van der Waals surface area contributed by atoms with Crippen molar-refractivity contribution >= 4 is 40.7 Å². The zero-order valence-electron chi connectivity index (χ0n) is 19.7. The van der Waals surface area contributed by atoms with Gasteiger partial charge < -0.3 is 15.4 Å². The van der Waals surface area contributed by atoms with Crippen molar-refractivity contribution < 1.29 is 8.95 Å². The summed E-state index contributed by atoms with van der Waals surface area (Å²) in [6, 6.07) is 0.388. The minimum atomic E-state index is -0.687. The van der Waals surface area contributed by atoms with Crippen LogP contribution in [0.4, 0.5) is 0 Å². The molecule has 182 valence electrons. The smallest absolute Gasteiger partial charge is 0.191 e. The van der Waals surface area contributed by atoms with Crippen molar-refractivity contribution in [2.75, 3.05) is 51.7 Å². The summed E-state index contributed by atoms with van der Waals surface area (Å²) in [7, 11) is -0.687. The molecule has 3 aliphatic rings. The van der Waals surface area contributed by atoms with Crippen molar-refractivity contribution in [3.05, 3.63) is 0 Å². The number of guanidine groups is 1. The van der Waals surface area contributed by atoms with Gasteiger partial charge in [-0.2, -0.15) is 0 Å². The molecular formula is C23H45IN4O2S. The van der Waals surface area contributed by atoms with Gasteiger partial charge in [0.1, 0.15) is 0 Å². The Morgan fingerprint density at radius 1 is 1.13 bits per heavy atom. The van der Waals surface area contributed by atoms with Gasteiger partial charge in [0, 0.05) is 66.0 Å². The topological polar surface area (TPSA) is 66.0 Å². The van der Waals surface area contributed by atoms with Crippen LogP contribution in [0.1, 0.15) is 71.6 Å². The van der Waals surface area contributed by atoms with Crippen molar-refractivity contribution in [2.24, 2.45) is 10.4 Å². The van der Waals surface area contributed by atoms with Gasteiger partial charge in [0.15, 0.2) is 5.96 Å². The summed E-state index contributed by atoms with van der Waals surface area (Å²) in [5, 5.41) is 7.52. The number of halogens is 1. The summed E-state index contributed by atoms with van der Waals surface area (Å²) < 4.78 is 17.9. The van der Waals surface area contributed by atoms with Crippen molar-refractivity contribution in [3.63, 3.8) is 0 Å². The fourth-order valence-electron chi connectivity index (χ4n) is 5.41. The van der Waals surface area contributed by atoms with Crippen molar-refractivity contribution in [1.29, 1.82) is 0 Å². The standard InChI is InChI=1S/C23H44N4O2S.HI/c1-3-24-22(26-20-9-8-10-21(17-20)30(28)4-2)25-18-23(11-6-5-7-12-23)19-27-13-15-29-16-14-27;/h20-21H,3-19H2,1-2H3,(H2,24,25,26);1H. The fourth-order valence-corrected chi connectivity index (χ4v) is 6.76. The lowest BCUT2D eigenvalue weighted by Gasteiger charge is -2.41. The molecule has 1 heterocycles. The number of rotatable bonds is 8. The summed E-state index contributed by atoms with van der Waals surface area (Å²) in [5.41, 5.74) is 0.302. The number of aliphatic imine (C=N–C) groups is 1. The molecule has 2 saturated carbocycles. The highest BCUT2D eigenvalue weighted by atomic mass is 127. The largest absolute Gasteiger partial charge is 0.379 e. The molecule has 3 unspecified atom stereocenters. The molecule has 1 aliphatic heterocycles. The molecule has 31 heavy (non-hydrogen) atoms. The Labute approximate surface area is 209 Å². The molecule has 8 heteroatoms. The summed E-state index contributed by atoms with van der Waals surface area (Å²) in [4.78, 5) is 7.71. The third kappa shape index (κ3) is 8.74. The predicted octanol–water partition coefficient (Wildman–Crippen LogP) is 3.52. The van der Waals surface area contributed by atoms with Crippen LogP contribution in [-0.4, -0.2) is 78.1 Å². The van der Waals surface area contributed by atoms with E-state index in [0.717, 1.165) is 83.3 Å². The molecule has 3 atom stereocenters. The zero-order valence-corrected chi connectivity index (χ0v) is 22.8. The number of nitrogens with zero attached hydrogens (tertiary/aromatic N) is 2. The first-order valence-corrected chi connectivity index (χ1v) is 13.7. The van der Waals surface area contributed by atoms with Crippen LogP contribution in [0.25, 0.3) is 0 Å². The second-order valence-electron chi connectivity index (χ2n) is 9.44. The van der Waals surface area contributed by atoms with Gasteiger partial charge in [-0.15, -0.1) is 24.0 Å². The highest BCUT2D eigenvalue weighted by molar-refractivity contribution is 14.0. The Morgan fingerprint density at radius 3 is 2.55 bits per heavy atom. The Bertz CT molecular complexity index is 566. The molecule has 0 amide bonds. The first-order valence-electron chi connectivity index (χ1n) is 12.4. The monoisotopic (exact) mass is 568 g/mol. The molecule has 2 aliphatic carbocycles. The number of ether oxygens (including phenoxy) is 1. The van der Waals surface area contributed by atoms with E-state index in [0.29, 0.717) is 16.7 Å². The molecule has 0 radical (unpaired) electrons. The number of nitrogens with one attached hydrogen (secondary N) is 2. The fraction of sp³-hybridized carbons (Fsp3) is 0.957.